The number of thiophene rings is 1. The van der Waals surface area contributed by atoms with Crippen LogP contribution in [0, 0.1) is 4.77 Å². The number of hydrogen-bond acceptors (Lipinski definition) is 4. The molecule has 0 bridgehead atoms. The van der Waals surface area contributed by atoms with Crippen molar-refractivity contribution in [2.45, 2.75) is 0 Å². The smallest absolute Gasteiger partial charge is 0.216 e. The fraction of sp³-hybridized carbons (Fsp3) is 0. The highest BCUT2D eigenvalue weighted by molar-refractivity contribution is 7.71. The second kappa shape index (κ2) is 5.70. The Morgan fingerprint density at radius 2 is 2.10 bits per heavy atom. The highest BCUT2D eigenvalue weighted by Crippen LogP contribution is 2.22. The third-order valence-corrected chi connectivity index (χ3v) is 3.97. The average molecular weight is 321 g/mol. The number of nitrogens with one attached hydrogen (secondary N) is 1. The van der Waals surface area contributed by atoms with E-state index in [2.05, 4.69) is 15.3 Å². The molecule has 0 aliphatic carbocycles. The topological polar surface area (TPSA) is 46.0 Å². The van der Waals surface area contributed by atoms with Gasteiger partial charge in [0.1, 0.15) is 0 Å². The Morgan fingerprint density at radius 1 is 1.30 bits per heavy atom. The lowest BCUT2D eigenvalue weighted by Gasteiger charge is -1.98. The summed E-state index contributed by atoms with van der Waals surface area (Å²) >= 11 is 12.6. The molecule has 0 aliphatic rings. The van der Waals surface area contributed by atoms with Crippen molar-refractivity contribution in [2.75, 3.05) is 0 Å². The number of aromatic amines is 1. The van der Waals surface area contributed by atoms with Crippen molar-refractivity contribution in [1.82, 2.24) is 14.9 Å². The van der Waals surface area contributed by atoms with E-state index in [9.17, 15) is 0 Å². The van der Waals surface area contributed by atoms with Gasteiger partial charge in [0.05, 0.1) is 11.1 Å². The summed E-state index contributed by atoms with van der Waals surface area (Å²) in [6.45, 7) is 0. The lowest BCUT2D eigenvalue weighted by atomic mass is 10.2. The van der Waals surface area contributed by atoms with Crippen molar-refractivity contribution < 1.29 is 0 Å². The first-order valence-electron chi connectivity index (χ1n) is 5.75. The molecule has 0 saturated carbocycles. The van der Waals surface area contributed by atoms with Crippen molar-refractivity contribution in [3.63, 3.8) is 0 Å². The van der Waals surface area contributed by atoms with E-state index >= 15 is 0 Å². The van der Waals surface area contributed by atoms with Crippen LogP contribution < -0.4 is 0 Å². The van der Waals surface area contributed by atoms with Gasteiger partial charge in [-0.15, -0.1) is 11.3 Å². The van der Waals surface area contributed by atoms with Crippen LogP contribution in [-0.2, 0) is 0 Å². The van der Waals surface area contributed by atoms with Gasteiger partial charge >= 0.3 is 0 Å². The predicted octanol–water partition coefficient (Wildman–Crippen LogP) is 4.20. The minimum absolute atomic E-state index is 0.457. The maximum Gasteiger partial charge on any atom is 0.216 e. The molecule has 100 valence electrons. The molecule has 0 atom stereocenters. The van der Waals surface area contributed by atoms with E-state index in [4.69, 9.17) is 23.8 Å². The Bertz CT molecular complexity index is 785. The molecule has 0 amide bonds. The van der Waals surface area contributed by atoms with Gasteiger partial charge in [0.2, 0.25) is 4.77 Å². The number of benzene rings is 1. The van der Waals surface area contributed by atoms with Crippen molar-refractivity contribution in [3.05, 3.63) is 57.1 Å². The SMILES string of the molecule is S=c1[nH]nc(-c2cccs2)n1/N=C\c1ccc(Cl)cc1. The third-order valence-electron chi connectivity index (χ3n) is 2.58. The normalized spacial score (nSPS) is 11.2. The molecule has 3 rings (SSSR count). The average Bonchev–Trinajstić information content (AvgIpc) is 3.08. The van der Waals surface area contributed by atoms with E-state index in [1.807, 2.05) is 41.8 Å². The highest BCUT2D eigenvalue weighted by Gasteiger charge is 2.08. The van der Waals surface area contributed by atoms with Gasteiger partial charge in [0, 0.05) is 5.02 Å². The van der Waals surface area contributed by atoms with Crippen LogP contribution in [-0.4, -0.2) is 21.1 Å². The molecule has 4 nitrogen and oxygen atoms in total. The largest absolute Gasteiger partial charge is 0.250 e. The van der Waals surface area contributed by atoms with Gasteiger partial charge in [-0.25, -0.2) is 5.10 Å². The first kappa shape index (κ1) is 13.2. The lowest BCUT2D eigenvalue weighted by Crippen LogP contribution is -1.93. The minimum atomic E-state index is 0.457. The number of H-pyrrole nitrogens is 1. The van der Waals surface area contributed by atoms with E-state index in [0.29, 0.717) is 15.6 Å². The molecule has 7 heteroatoms. The first-order valence-corrected chi connectivity index (χ1v) is 7.42. The summed E-state index contributed by atoms with van der Waals surface area (Å²) in [7, 11) is 0. The second-order valence-electron chi connectivity index (χ2n) is 3.94. The Balaban J connectivity index is 1.97. The molecule has 20 heavy (non-hydrogen) atoms. The summed E-state index contributed by atoms with van der Waals surface area (Å²) in [5, 5.41) is 14.0. The van der Waals surface area contributed by atoms with Gasteiger partial charge in [0.15, 0.2) is 5.82 Å². The number of nitrogens with zero attached hydrogens (tertiary/aromatic N) is 3. The summed E-state index contributed by atoms with van der Waals surface area (Å²) in [6.07, 6.45) is 1.72. The molecule has 0 unspecified atom stereocenters. The fourth-order valence-electron chi connectivity index (χ4n) is 1.64. The standard InChI is InChI=1S/C13H9ClN4S2/c14-10-5-3-9(4-6-10)8-15-18-12(16-17-13(18)19)11-2-1-7-20-11/h1-8H,(H,17,19)/b15-8-. The van der Waals surface area contributed by atoms with Gasteiger partial charge in [0.25, 0.3) is 0 Å². The van der Waals surface area contributed by atoms with E-state index in [1.165, 1.54) is 0 Å². The Hall–Kier alpha value is -1.76. The van der Waals surface area contributed by atoms with Gasteiger partial charge in [-0.2, -0.15) is 14.9 Å². The van der Waals surface area contributed by atoms with Crippen LogP contribution in [0.25, 0.3) is 10.7 Å². The summed E-state index contributed by atoms with van der Waals surface area (Å²) in [5.41, 5.74) is 0.939. The molecule has 0 fully saturated rings. The third kappa shape index (κ3) is 2.72. The molecule has 2 aromatic heterocycles. The van der Waals surface area contributed by atoms with Crippen LogP contribution in [0.5, 0.6) is 0 Å². The van der Waals surface area contributed by atoms with Crippen LogP contribution in [0.2, 0.25) is 5.02 Å². The second-order valence-corrected chi connectivity index (χ2v) is 5.71. The minimum Gasteiger partial charge on any atom is -0.250 e. The van der Waals surface area contributed by atoms with Crippen LogP contribution in [0.15, 0.2) is 46.9 Å². The Morgan fingerprint density at radius 3 is 2.80 bits per heavy atom. The summed E-state index contributed by atoms with van der Waals surface area (Å²) in [5.74, 6) is 0.704. The van der Waals surface area contributed by atoms with Crippen molar-refractivity contribution in [1.29, 1.82) is 0 Å². The van der Waals surface area contributed by atoms with Crippen molar-refractivity contribution in [3.8, 4) is 10.7 Å². The molecule has 0 saturated heterocycles. The van der Waals surface area contributed by atoms with Crippen molar-refractivity contribution in [2.24, 2.45) is 5.10 Å². The number of hydrogen-bond donors (Lipinski definition) is 1. The van der Waals surface area contributed by atoms with E-state index in [-0.39, 0.29) is 0 Å². The molecule has 0 radical (unpaired) electrons. The maximum absolute atomic E-state index is 5.85. The molecule has 1 N–H and O–H groups in total. The number of aromatic nitrogens is 3. The molecular formula is C13H9ClN4S2. The predicted molar refractivity (Wildman–Crippen MR) is 85.2 cm³/mol. The van der Waals surface area contributed by atoms with Crippen LogP contribution in [0.1, 0.15) is 5.56 Å². The molecule has 1 aromatic carbocycles. The zero-order chi connectivity index (χ0) is 13.9. The molecule has 0 aliphatic heterocycles. The molecule has 0 spiro atoms. The highest BCUT2D eigenvalue weighted by atomic mass is 35.5. The zero-order valence-electron chi connectivity index (χ0n) is 10.2. The Labute approximate surface area is 129 Å². The summed E-state index contributed by atoms with van der Waals surface area (Å²) in [6, 6.07) is 11.4. The molecular weight excluding hydrogens is 312 g/mol. The van der Waals surface area contributed by atoms with E-state index in [1.54, 1.807) is 22.2 Å². The molecule has 3 aromatic rings. The van der Waals surface area contributed by atoms with Gasteiger partial charge < -0.3 is 0 Å². The number of halogens is 1. The monoisotopic (exact) mass is 320 g/mol. The van der Waals surface area contributed by atoms with Crippen LogP contribution in [0.3, 0.4) is 0 Å². The summed E-state index contributed by atoms with van der Waals surface area (Å²) in [4.78, 5) is 1.01. The zero-order valence-corrected chi connectivity index (χ0v) is 12.5. The van der Waals surface area contributed by atoms with Crippen LogP contribution in [0.4, 0.5) is 0 Å². The van der Waals surface area contributed by atoms with Gasteiger partial charge in [-0.05, 0) is 41.4 Å². The molecule has 2 heterocycles. The summed E-state index contributed by atoms with van der Waals surface area (Å²) < 4.78 is 2.06. The quantitative estimate of drug-likeness (QED) is 0.580. The maximum atomic E-state index is 5.85. The van der Waals surface area contributed by atoms with E-state index in [0.717, 1.165) is 10.4 Å². The Kier molecular flexibility index (Phi) is 3.77. The van der Waals surface area contributed by atoms with Crippen LogP contribution >= 0.6 is 35.2 Å². The lowest BCUT2D eigenvalue weighted by molar-refractivity contribution is 0.873. The van der Waals surface area contributed by atoms with Crippen molar-refractivity contribution >= 4 is 41.4 Å². The van der Waals surface area contributed by atoms with Gasteiger partial charge in [-0.1, -0.05) is 29.8 Å². The number of rotatable bonds is 3. The van der Waals surface area contributed by atoms with Gasteiger partial charge in [-0.3, -0.25) is 0 Å². The van der Waals surface area contributed by atoms with E-state index < -0.39 is 0 Å². The fourth-order valence-corrected chi connectivity index (χ4v) is 2.64. The first-order chi connectivity index (χ1) is 9.74.